The minimum Gasteiger partial charge on any atom is -0.364 e. The number of likely N-dealkylation sites (tertiary alicyclic amines) is 1. The number of hydrogen-bond donors (Lipinski definition) is 1. The molecule has 2 rings (SSSR count). The molecule has 5 heteroatoms. The van der Waals surface area contributed by atoms with Gasteiger partial charge in [0.25, 0.3) is 5.91 Å². The van der Waals surface area contributed by atoms with E-state index in [1.807, 2.05) is 0 Å². The van der Waals surface area contributed by atoms with Crippen molar-refractivity contribution < 1.29 is 9.53 Å². The van der Waals surface area contributed by atoms with E-state index in [0.29, 0.717) is 18.0 Å². The van der Waals surface area contributed by atoms with Crippen LogP contribution < -0.4 is 5.32 Å². The van der Waals surface area contributed by atoms with E-state index in [4.69, 9.17) is 4.74 Å². The van der Waals surface area contributed by atoms with Crippen molar-refractivity contribution in [1.82, 2.24) is 15.1 Å². The molecule has 2 aliphatic rings. The van der Waals surface area contributed by atoms with Gasteiger partial charge in [-0.2, -0.15) is 0 Å². The van der Waals surface area contributed by atoms with Crippen LogP contribution in [0.3, 0.4) is 0 Å². The molecule has 21 heavy (non-hydrogen) atoms. The van der Waals surface area contributed by atoms with E-state index in [-0.39, 0.29) is 18.1 Å². The van der Waals surface area contributed by atoms with Crippen LogP contribution in [0.15, 0.2) is 0 Å². The Bertz CT molecular complexity index is 361. The van der Waals surface area contributed by atoms with Crippen LogP contribution in [0.1, 0.15) is 33.1 Å². The Kier molecular flexibility index (Phi) is 5.63. The van der Waals surface area contributed by atoms with Crippen LogP contribution in [-0.4, -0.2) is 74.2 Å². The lowest BCUT2D eigenvalue weighted by Gasteiger charge is -2.40. The predicted molar refractivity (Wildman–Crippen MR) is 84.3 cm³/mol. The Morgan fingerprint density at radius 1 is 1.33 bits per heavy atom. The van der Waals surface area contributed by atoms with Gasteiger partial charge in [-0.1, -0.05) is 6.92 Å². The first-order chi connectivity index (χ1) is 9.88. The lowest BCUT2D eigenvalue weighted by Crippen LogP contribution is -2.52. The van der Waals surface area contributed by atoms with Gasteiger partial charge in [0.2, 0.25) is 0 Å². The van der Waals surface area contributed by atoms with Gasteiger partial charge in [0.15, 0.2) is 0 Å². The molecule has 0 aromatic heterocycles. The second-order valence-corrected chi connectivity index (χ2v) is 7.07. The van der Waals surface area contributed by atoms with Gasteiger partial charge in [-0.25, -0.2) is 0 Å². The molecule has 0 radical (unpaired) electrons. The summed E-state index contributed by atoms with van der Waals surface area (Å²) in [6.07, 6.45) is 2.96. The number of rotatable bonds is 4. The lowest BCUT2D eigenvalue weighted by atomic mass is 9.90. The predicted octanol–water partition coefficient (Wildman–Crippen LogP) is 0.941. The Morgan fingerprint density at radius 2 is 2.05 bits per heavy atom. The summed E-state index contributed by atoms with van der Waals surface area (Å²) in [7, 11) is 5.78. The Balaban J connectivity index is 1.75. The van der Waals surface area contributed by atoms with Gasteiger partial charge in [-0.05, 0) is 39.2 Å². The standard InChI is InChI=1S/C16H31N3O2/c1-11-10-19(5)12(2)8-14(11)17-9-13-6-7-15(21-13)16(20)18(3)4/h11-15,17H,6-10H2,1-5H3/t11-,12-,13-,14+,15-/m1/s1. The van der Waals surface area contributed by atoms with Crippen molar-refractivity contribution in [1.29, 1.82) is 0 Å². The third kappa shape index (κ3) is 4.18. The highest BCUT2D eigenvalue weighted by Crippen LogP contribution is 2.23. The van der Waals surface area contributed by atoms with E-state index >= 15 is 0 Å². The highest BCUT2D eigenvalue weighted by Gasteiger charge is 2.33. The third-order valence-electron chi connectivity index (χ3n) is 5.04. The van der Waals surface area contributed by atoms with Crippen LogP contribution in [0, 0.1) is 5.92 Å². The SMILES string of the molecule is C[C@@H]1CN(C)[C@H](C)C[C@@H]1NC[C@H]1CC[C@H](C(=O)N(C)C)O1. The number of carbonyl (C=O) groups is 1. The van der Waals surface area contributed by atoms with Crippen molar-refractivity contribution in [2.75, 3.05) is 34.2 Å². The molecule has 0 bridgehead atoms. The average Bonchev–Trinajstić information content (AvgIpc) is 2.89. The molecule has 1 amide bonds. The van der Waals surface area contributed by atoms with E-state index < -0.39 is 0 Å². The molecule has 0 aliphatic carbocycles. The molecule has 0 unspecified atom stereocenters. The Labute approximate surface area is 129 Å². The summed E-state index contributed by atoms with van der Waals surface area (Å²) >= 11 is 0. The first-order valence-electron chi connectivity index (χ1n) is 8.18. The molecule has 0 spiro atoms. The maximum absolute atomic E-state index is 11.9. The topological polar surface area (TPSA) is 44.8 Å². The summed E-state index contributed by atoms with van der Waals surface area (Å²) in [5.74, 6) is 0.755. The fourth-order valence-electron chi connectivity index (χ4n) is 3.43. The summed E-state index contributed by atoms with van der Waals surface area (Å²) in [6.45, 7) is 6.61. The number of amides is 1. The number of ether oxygens (including phenoxy) is 1. The Hall–Kier alpha value is -0.650. The summed E-state index contributed by atoms with van der Waals surface area (Å²) in [4.78, 5) is 16.0. The molecule has 2 heterocycles. The zero-order chi connectivity index (χ0) is 15.6. The van der Waals surface area contributed by atoms with Crippen molar-refractivity contribution >= 4 is 5.91 Å². The van der Waals surface area contributed by atoms with Gasteiger partial charge in [-0.15, -0.1) is 0 Å². The van der Waals surface area contributed by atoms with Crippen molar-refractivity contribution in [3.8, 4) is 0 Å². The van der Waals surface area contributed by atoms with Crippen LogP contribution >= 0.6 is 0 Å². The number of piperidine rings is 1. The molecule has 122 valence electrons. The van der Waals surface area contributed by atoms with E-state index in [0.717, 1.165) is 25.9 Å². The zero-order valence-electron chi connectivity index (χ0n) is 14.1. The van der Waals surface area contributed by atoms with Crippen molar-refractivity contribution in [3.63, 3.8) is 0 Å². The number of nitrogens with zero attached hydrogens (tertiary/aromatic N) is 2. The molecule has 0 aromatic rings. The third-order valence-corrected chi connectivity index (χ3v) is 5.04. The highest BCUT2D eigenvalue weighted by molar-refractivity contribution is 5.80. The van der Waals surface area contributed by atoms with Crippen LogP contribution in [0.5, 0.6) is 0 Å². The molecular weight excluding hydrogens is 266 g/mol. The number of nitrogens with one attached hydrogen (secondary N) is 1. The largest absolute Gasteiger partial charge is 0.364 e. The summed E-state index contributed by atoms with van der Waals surface area (Å²) in [5, 5.41) is 3.68. The van der Waals surface area contributed by atoms with Crippen molar-refractivity contribution in [2.24, 2.45) is 5.92 Å². The molecule has 2 fully saturated rings. The van der Waals surface area contributed by atoms with E-state index in [9.17, 15) is 4.79 Å². The summed E-state index contributed by atoms with van der Waals surface area (Å²) in [6, 6.07) is 1.19. The smallest absolute Gasteiger partial charge is 0.251 e. The molecular formula is C16H31N3O2. The van der Waals surface area contributed by atoms with Crippen LogP contribution in [0.4, 0.5) is 0 Å². The van der Waals surface area contributed by atoms with Gasteiger partial charge in [-0.3, -0.25) is 4.79 Å². The number of hydrogen-bond acceptors (Lipinski definition) is 4. The molecule has 5 nitrogen and oxygen atoms in total. The first-order valence-corrected chi connectivity index (χ1v) is 8.18. The van der Waals surface area contributed by atoms with Gasteiger partial charge >= 0.3 is 0 Å². The van der Waals surface area contributed by atoms with Crippen LogP contribution in [0.25, 0.3) is 0 Å². The molecule has 2 aliphatic heterocycles. The normalized spacial score (nSPS) is 37.7. The lowest BCUT2D eigenvalue weighted by molar-refractivity contribution is -0.140. The molecule has 2 saturated heterocycles. The molecule has 5 atom stereocenters. The van der Waals surface area contributed by atoms with E-state index in [2.05, 4.69) is 31.1 Å². The van der Waals surface area contributed by atoms with Crippen molar-refractivity contribution in [2.45, 2.75) is 57.4 Å². The molecule has 0 aromatic carbocycles. The van der Waals surface area contributed by atoms with Gasteiger partial charge in [0.05, 0.1) is 6.10 Å². The number of carbonyl (C=O) groups excluding carboxylic acids is 1. The number of likely N-dealkylation sites (N-methyl/N-ethyl adjacent to an activating group) is 1. The van der Waals surface area contributed by atoms with Crippen molar-refractivity contribution in [3.05, 3.63) is 0 Å². The summed E-state index contributed by atoms with van der Waals surface area (Å²) < 4.78 is 5.89. The minimum absolute atomic E-state index is 0.0961. The fraction of sp³-hybridized carbons (Fsp3) is 0.938. The van der Waals surface area contributed by atoms with E-state index in [1.165, 1.54) is 6.42 Å². The second-order valence-electron chi connectivity index (χ2n) is 7.07. The minimum atomic E-state index is -0.236. The average molecular weight is 297 g/mol. The maximum Gasteiger partial charge on any atom is 0.251 e. The molecule has 0 saturated carbocycles. The Morgan fingerprint density at radius 3 is 2.71 bits per heavy atom. The first kappa shape index (κ1) is 16.7. The quantitative estimate of drug-likeness (QED) is 0.839. The zero-order valence-corrected chi connectivity index (χ0v) is 14.1. The summed E-state index contributed by atoms with van der Waals surface area (Å²) in [5.41, 5.74) is 0. The fourth-order valence-corrected chi connectivity index (χ4v) is 3.43. The van der Waals surface area contributed by atoms with Gasteiger partial charge in [0.1, 0.15) is 6.10 Å². The van der Waals surface area contributed by atoms with Gasteiger partial charge in [0, 0.05) is 39.3 Å². The maximum atomic E-state index is 11.9. The van der Waals surface area contributed by atoms with Gasteiger partial charge < -0.3 is 19.9 Å². The van der Waals surface area contributed by atoms with Crippen LogP contribution in [0.2, 0.25) is 0 Å². The van der Waals surface area contributed by atoms with E-state index in [1.54, 1.807) is 19.0 Å². The highest BCUT2D eigenvalue weighted by atomic mass is 16.5. The monoisotopic (exact) mass is 297 g/mol. The van der Waals surface area contributed by atoms with Crippen LogP contribution in [-0.2, 0) is 9.53 Å². The molecule has 1 N–H and O–H groups in total. The second kappa shape index (κ2) is 7.07.